The van der Waals surface area contributed by atoms with Crippen LogP contribution < -0.4 is 10.6 Å². The number of anilines is 2. The van der Waals surface area contributed by atoms with E-state index in [-0.39, 0.29) is 24.5 Å². The summed E-state index contributed by atoms with van der Waals surface area (Å²) in [5.74, 6) is 0.0127. The van der Waals surface area contributed by atoms with Crippen molar-refractivity contribution in [2.75, 3.05) is 17.2 Å². The van der Waals surface area contributed by atoms with Crippen LogP contribution in [0.3, 0.4) is 0 Å². The van der Waals surface area contributed by atoms with Gasteiger partial charge in [-0.15, -0.1) is 0 Å². The van der Waals surface area contributed by atoms with Crippen LogP contribution in [0.15, 0.2) is 42.5 Å². The number of fused-ring (bicyclic) bond motifs is 1. The standard InChI is InChI=1S/C22H26N2O2/c1-2-5-16-9-11-17(12-10-16)21(25)13-14-22(26)24-15-4-6-18-19(23)7-3-8-20(18)24/h3,7-12H,2,4-6,13-15,23H2,1H3. The molecule has 0 aromatic heterocycles. The van der Waals surface area contributed by atoms with Gasteiger partial charge in [0.2, 0.25) is 5.91 Å². The molecule has 1 aliphatic rings. The Balaban J connectivity index is 1.63. The molecule has 2 aromatic carbocycles. The van der Waals surface area contributed by atoms with Gasteiger partial charge in [0.05, 0.1) is 0 Å². The summed E-state index contributed by atoms with van der Waals surface area (Å²) in [6.45, 7) is 2.83. The van der Waals surface area contributed by atoms with Crippen LogP contribution in [0.1, 0.15) is 54.1 Å². The fraction of sp³-hybridized carbons (Fsp3) is 0.364. The van der Waals surface area contributed by atoms with Gasteiger partial charge in [-0.3, -0.25) is 9.59 Å². The molecule has 2 aromatic rings. The van der Waals surface area contributed by atoms with Crippen LogP contribution in [-0.2, 0) is 17.6 Å². The minimum Gasteiger partial charge on any atom is -0.398 e. The molecule has 1 aliphatic heterocycles. The number of Topliss-reactive ketones (excluding diaryl/α,β-unsaturated/α-hetero) is 1. The summed E-state index contributed by atoms with van der Waals surface area (Å²) in [6, 6.07) is 13.4. The van der Waals surface area contributed by atoms with Gasteiger partial charge in [-0.1, -0.05) is 43.7 Å². The number of nitrogen functional groups attached to an aromatic ring is 1. The van der Waals surface area contributed by atoms with E-state index in [1.165, 1.54) is 5.56 Å². The molecule has 1 amide bonds. The number of carbonyl (C=O) groups excluding carboxylic acids is 2. The first kappa shape index (κ1) is 18.2. The van der Waals surface area contributed by atoms with E-state index in [0.717, 1.165) is 42.6 Å². The van der Waals surface area contributed by atoms with Gasteiger partial charge in [-0.25, -0.2) is 0 Å². The minimum atomic E-state index is -0.00694. The van der Waals surface area contributed by atoms with Gasteiger partial charge < -0.3 is 10.6 Å². The Morgan fingerprint density at radius 2 is 1.85 bits per heavy atom. The van der Waals surface area contributed by atoms with Crippen LogP contribution in [0.25, 0.3) is 0 Å². The molecule has 4 nitrogen and oxygen atoms in total. The van der Waals surface area contributed by atoms with Gasteiger partial charge in [0.25, 0.3) is 0 Å². The summed E-state index contributed by atoms with van der Waals surface area (Å²) in [5.41, 5.74) is 10.6. The maximum Gasteiger partial charge on any atom is 0.227 e. The van der Waals surface area contributed by atoms with Crippen molar-refractivity contribution in [2.45, 2.75) is 45.4 Å². The summed E-state index contributed by atoms with van der Waals surface area (Å²) in [6.07, 6.45) is 4.37. The Morgan fingerprint density at radius 1 is 1.08 bits per heavy atom. The first-order chi connectivity index (χ1) is 12.6. The lowest BCUT2D eigenvalue weighted by Crippen LogP contribution is -2.35. The van der Waals surface area contributed by atoms with Gasteiger partial charge in [-0.2, -0.15) is 0 Å². The molecule has 26 heavy (non-hydrogen) atoms. The molecule has 0 bridgehead atoms. The van der Waals surface area contributed by atoms with Crippen molar-refractivity contribution < 1.29 is 9.59 Å². The van der Waals surface area contributed by atoms with Crippen LogP contribution in [0.4, 0.5) is 11.4 Å². The monoisotopic (exact) mass is 350 g/mol. The minimum absolute atomic E-state index is 0.00694. The fourth-order valence-corrected chi connectivity index (χ4v) is 3.56. The highest BCUT2D eigenvalue weighted by atomic mass is 16.2. The zero-order valence-corrected chi connectivity index (χ0v) is 15.3. The summed E-state index contributed by atoms with van der Waals surface area (Å²) < 4.78 is 0. The van der Waals surface area contributed by atoms with E-state index in [1.54, 1.807) is 4.90 Å². The van der Waals surface area contributed by atoms with E-state index >= 15 is 0 Å². The average molecular weight is 350 g/mol. The molecule has 4 heteroatoms. The normalized spacial score (nSPS) is 13.3. The topological polar surface area (TPSA) is 63.4 Å². The Kier molecular flexibility index (Phi) is 5.71. The predicted molar refractivity (Wildman–Crippen MR) is 106 cm³/mol. The third kappa shape index (κ3) is 3.96. The number of carbonyl (C=O) groups is 2. The molecule has 0 saturated carbocycles. The van der Waals surface area contributed by atoms with Gasteiger partial charge >= 0.3 is 0 Å². The van der Waals surface area contributed by atoms with Crippen molar-refractivity contribution in [1.29, 1.82) is 0 Å². The number of nitrogens with two attached hydrogens (primary N) is 1. The van der Waals surface area contributed by atoms with E-state index in [4.69, 9.17) is 5.73 Å². The largest absolute Gasteiger partial charge is 0.398 e. The van der Waals surface area contributed by atoms with Crippen LogP contribution in [0, 0.1) is 0 Å². The van der Waals surface area contributed by atoms with E-state index < -0.39 is 0 Å². The summed E-state index contributed by atoms with van der Waals surface area (Å²) >= 11 is 0. The van der Waals surface area contributed by atoms with E-state index in [1.807, 2.05) is 42.5 Å². The lowest BCUT2D eigenvalue weighted by atomic mass is 9.98. The summed E-state index contributed by atoms with van der Waals surface area (Å²) in [5, 5.41) is 0. The van der Waals surface area contributed by atoms with Crippen molar-refractivity contribution in [3.8, 4) is 0 Å². The highest BCUT2D eigenvalue weighted by Gasteiger charge is 2.24. The Morgan fingerprint density at radius 3 is 2.58 bits per heavy atom. The smallest absolute Gasteiger partial charge is 0.227 e. The third-order valence-electron chi connectivity index (χ3n) is 4.97. The van der Waals surface area contributed by atoms with Crippen molar-refractivity contribution in [1.82, 2.24) is 0 Å². The van der Waals surface area contributed by atoms with Crippen molar-refractivity contribution in [3.05, 3.63) is 59.2 Å². The van der Waals surface area contributed by atoms with Gasteiger partial charge in [-0.05, 0) is 42.5 Å². The number of nitrogens with zero attached hydrogens (tertiary/aromatic N) is 1. The Hall–Kier alpha value is -2.62. The molecule has 2 N–H and O–H groups in total. The lowest BCUT2D eigenvalue weighted by molar-refractivity contribution is -0.118. The van der Waals surface area contributed by atoms with Crippen molar-refractivity contribution in [3.63, 3.8) is 0 Å². The summed E-state index contributed by atoms with van der Waals surface area (Å²) in [4.78, 5) is 26.9. The number of ketones is 1. The molecule has 0 aliphatic carbocycles. The van der Waals surface area contributed by atoms with Gasteiger partial charge in [0.1, 0.15) is 0 Å². The maximum atomic E-state index is 12.7. The molecule has 1 heterocycles. The molecule has 0 saturated heterocycles. The molecule has 0 atom stereocenters. The van der Waals surface area contributed by atoms with E-state index in [9.17, 15) is 9.59 Å². The van der Waals surface area contributed by atoms with E-state index in [2.05, 4.69) is 6.92 Å². The molecule has 0 spiro atoms. The number of benzene rings is 2. The highest BCUT2D eigenvalue weighted by molar-refractivity contribution is 6.01. The second kappa shape index (κ2) is 8.17. The van der Waals surface area contributed by atoms with Crippen LogP contribution in [-0.4, -0.2) is 18.2 Å². The lowest BCUT2D eigenvalue weighted by Gasteiger charge is -2.30. The molecule has 0 unspecified atom stereocenters. The van der Waals surface area contributed by atoms with Crippen molar-refractivity contribution >= 4 is 23.1 Å². The molecule has 0 fully saturated rings. The van der Waals surface area contributed by atoms with Crippen LogP contribution in [0.5, 0.6) is 0 Å². The van der Waals surface area contributed by atoms with E-state index in [0.29, 0.717) is 12.1 Å². The molecular weight excluding hydrogens is 324 g/mol. The quantitative estimate of drug-likeness (QED) is 0.628. The number of hydrogen-bond donors (Lipinski definition) is 1. The Labute approximate surface area is 155 Å². The Bertz CT molecular complexity index is 796. The molecule has 3 rings (SSSR count). The first-order valence-corrected chi connectivity index (χ1v) is 9.40. The molecule has 136 valence electrons. The van der Waals surface area contributed by atoms with Gasteiger partial charge in [0, 0.05) is 36.3 Å². The highest BCUT2D eigenvalue weighted by Crippen LogP contribution is 2.31. The van der Waals surface area contributed by atoms with Crippen LogP contribution in [0.2, 0.25) is 0 Å². The number of aryl methyl sites for hydroxylation is 1. The molecule has 0 radical (unpaired) electrons. The second-order valence-corrected chi connectivity index (χ2v) is 6.86. The fourth-order valence-electron chi connectivity index (χ4n) is 3.56. The van der Waals surface area contributed by atoms with Crippen LogP contribution >= 0.6 is 0 Å². The number of hydrogen-bond acceptors (Lipinski definition) is 3. The maximum absolute atomic E-state index is 12.7. The number of amides is 1. The third-order valence-corrected chi connectivity index (χ3v) is 4.97. The summed E-state index contributed by atoms with van der Waals surface area (Å²) in [7, 11) is 0. The predicted octanol–water partition coefficient (Wildman–Crippen LogP) is 4.16. The second-order valence-electron chi connectivity index (χ2n) is 6.86. The SMILES string of the molecule is CCCc1ccc(C(=O)CCC(=O)N2CCCc3c(N)cccc32)cc1. The average Bonchev–Trinajstić information content (AvgIpc) is 2.66. The zero-order valence-electron chi connectivity index (χ0n) is 15.3. The molecular formula is C22H26N2O2. The zero-order chi connectivity index (χ0) is 18.5. The number of rotatable bonds is 6. The first-order valence-electron chi connectivity index (χ1n) is 9.40. The van der Waals surface area contributed by atoms with Crippen molar-refractivity contribution in [2.24, 2.45) is 0 Å². The van der Waals surface area contributed by atoms with Gasteiger partial charge in [0.15, 0.2) is 5.78 Å².